The van der Waals surface area contributed by atoms with Crippen molar-refractivity contribution in [2.24, 2.45) is 0 Å². The number of carbonyl (C=O) groups is 1. The Bertz CT molecular complexity index is 713. The van der Waals surface area contributed by atoms with Crippen molar-refractivity contribution in [1.82, 2.24) is 9.88 Å². The van der Waals surface area contributed by atoms with Gasteiger partial charge in [0.2, 0.25) is 0 Å². The monoisotopic (exact) mass is 319 g/mol. The molecule has 2 heterocycles. The third kappa shape index (κ3) is 2.83. The van der Waals surface area contributed by atoms with Gasteiger partial charge in [0.15, 0.2) is 0 Å². The molecule has 0 spiro atoms. The first-order valence-electron chi connectivity index (χ1n) is 6.72. The number of aromatic nitrogens is 1. The zero-order valence-electron chi connectivity index (χ0n) is 11.5. The minimum absolute atomic E-state index is 0.0164. The molecule has 1 aliphatic heterocycles. The van der Waals surface area contributed by atoms with Gasteiger partial charge in [0.05, 0.1) is 11.0 Å². The SMILES string of the molecule is O=C(c1csc(-c2ccc([N+](=O)[O-])cc2)n1)N1CC[C@@H](O)C1. The highest BCUT2D eigenvalue weighted by Crippen LogP contribution is 2.26. The van der Waals surface area contributed by atoms with Gasteiger partial charge in [-0.15, -0.1) is 11.3 Å². The second-order valence-corrected chi connectivity index (χ2v) is 5.89. The third-order valence-electron chi connectivity index (χ3n) is 3.50. The minimum Gasteiger partial charge on any atom is -0.391 e. The molecule has 0 aliphatic carbocycles. The van der Waals surface area contributed by atoms with Crippen molar-refractivity contribution in [3.63, 3.8) is 0 Å². The zero-order valence-corrected chi connectivity index (χ0v) is 12.3. The number of carbonyl (C=O) groups excluding carboxylic acids is 1. The topological polar surface area (TPSA) is 96.6 Å². The fourth-order valence-electron chi connectivity index (χ4n) is 2.32. The normalized spacial score (nSPS) is 17.7. The van der Waals surface area contributed by atoms with E-state index in [1.54, 1.807) is 22.4 Å². The first kappa shape index (κ1) is 14.6. The van der Waals surface area contributed by atoms with Gasteiger partial charge in [-0.1, -0.05) is 0 Å². The molecule has 1 saturated heterocycles. The van der Waals surface area contributed by atoms with E-state index in [4.69, 9.17) is 0 Å². The van der Waals surface area contributed by atoms with E-state index in [1.807, 2.05) is 0 Å². The van der Waals surface area contributed by atoms with Crippen LogP contribution in [0.15, 0.2) is 29.6 Å². The quantitative estimate of drug-likeness (QED) is 0.688. The van der Waals surface area contributed by atoms with Crippen molar-refractivity contribution in [2.75, 3.05) is 13.1 Å². The number of aliphatic hydroxyl groups excluding tert-OH is 1. The summed E-state index contributed by atoms with van der Waals surface area (Å²) in [5.74, 6) is -0.194. The Morgan fingerprint density at radius 2 is 2.14 bits per heavy atom. The van der Waals surface area contributed by atoms with Crippen LogP contribution in [0.2, 0.25) is 0 Å². The van der Waals surface area contributed by atoms with E-state index in [2.05, 4.69) is 4.98 Å². The van der Waals surface area contributed by atoms with Crippen molar-refractivity contribution >= 4 is 22.9 Å². The molecule has 1 aliphatic rings. The molecule has 1 aromatic heterocycles. The second-order valence-electron chi connectivity index (χ2n) is 5.04. The molecule has 7 nitrogen and oxygen atoms in total. The van der Waals surface area contributed by atoms with Crippen LogP contribution in [-0.2, 0) is 0 Å². The van der Waals surface area contributed by atoms with Crippen LogP contribution in [0, 0.1) is 10.1 Å². The van der Waals surface area contributed by atoms with Gasteiger partial charge < -0.3 is 10.0 Å². The molecule has 8 heteroatoms. The molecule has 1 N–H and O–H groups in total. The maximum absolute atomic E-state index is 12.3. The van der Waals surface area contributed by atoms with E-state index in [1.165, 1.54) is 23.5 Å². The average Bonchev–Trinajstić information content (AvgIpc) is 3.15. The van der Waals surface area contributed by atoms with Crippen LogP contribution < -0.4 is 0 Å². The van der Waals surface area contributed by atoms with Crippen LogP contribution in [0.3, 0.4) is 0 Å². The van der Waals surface area contributed by atoms with Gasteiger partial charge in [-0.05, 0) is 18.6 Å². The molecular weight excluding hydrogens is 306 g/mol. The Morgan fingerprint density at radius 3 is 2.73 bits per heavy atom. The van der Waals surface area contributed by atoms with E-state index < -0.39 is 11.0 Å². The Hall–Kier alpha value is -2.32. The van der Waals surface area contributed by atoms with Crippen LogP contribution >= 0.6 is 11.3 Å². The highest BCUT2D eigenvalue weighted by molar-refractivity contribution is 7.13. The molecule has 0 saturated carbocycles. The lowest BCUT2D eigenvalue weighted by Gasteiger charge is -2.13. The molecule has 0 bridgehead atoms. The van der Waals surface area contributed by atoms with Gasteiger partial charge in [0, 0.05) is 36.2 Å². The summed E-state index contributed by atoms with van der Waals surface area (Å²) in [5.41, 5.74) is 1.09. The van der Waals surface area contributed by atoms with E-state index in [0.29, 0.717) is 30.2 Å². The maximum Gasteiger partial charge on any atom is 0.273 e. The maximum atomic E-state index is 12.3. The summed E-state index contributed by atoms with van der Waals surface area (Å²) in [6, 6.07) is 6.06. The fraction of sp³-hybridized carbons (Fsp3) is 0.286. The summed E-state index contributed by atoms with van der Waals surface area (Å²) in [7, 11) is 0. The van der Waals surface area contributed by atoms with Gasteiger partial charge in [-0.3, -0.25) is 14.9 Å². The van der Waals surface area contributed by atoms with Crippen LogP contribution in [0.4, 0.5) is 5.69 Å². The van der Waals surface area contributed by atoms with Crippen molar-refractivity contribution in [3.05, 3.63) is 45.5 Å². The largest absolute Gasteiger partial charge is 0.391 e. The molecule has 22 heavy (non-hydrogen) atoms. The molecule has 0 radical (unpaired) electrons. The Balaban J connectivity index is 1.78. The predicted molar refractivity (Wildman–Crippen MR) is 80.7 cm³/mol. The summed E-state index contributed by atoms with van der Waals surface area (Å²) in [6.45, 7) is 0.869. The van der Waals surface area contributed by atoms with Crippen molar-refractivity contribution in [1.29, 1.82) is 0 Å². The highest BCUT2D eigenvalue weighted by atomic mass is 32.1. The number of β-amino-alcohol motifs (C(OH)–C–C–N with tert-alkyl or cyclic N) is 1. The van der Waals surface area contributed by atoms with Crippen molar-refractivity contribution in [3.8, 4) is 10.6 Å². The standard InChI is InChI=1S/C14H13N3O4S/c18-11-5-6-16(7-11)14(19)12-8-22-13(15-12)9-1-3-10(4-2-9)17(20)21/h1-4,8,11,18H,5-7H2/t11-/m1/s1. The number of thiazole rings is 1. The summed E-state index contributed by atoms with van der Waals surface area (Å²) in [4.78, 5) is 28.3. The number of likely N-dealkylation sites (tertiary alicyclic amines) is 1. The predicted octanol–water partition coefficient (Wildman–Crippen LogP) is 1.93. The molecule has 1 amide bonds. The number of benzene rings is 1. The first-order valence-corrected chi connectivity index (χ1v) is 7.60. The molecule has 3 rings (SSSR count). The van der Waals surface area contributed by atoms with E-state index in [0.717, 1.165) is 5.56 Å². The summed E-state index contributed by atoms with van der Waals surface area (Å²) in [6.07, 6.45) is 0.127. The highest BCUT2D eigenvalue weighted by Gasteiger charge is 2.26. The third-order valence-corrected chi connectivity index (χ3v) is 4.39. The molecule has 114 valence electrons. The molecule has 1 fully saturated rings. The number of amides is 1. The molecule has 0 unspecified atom stereocenters. The van der Waals surface area contributed by atoms with Gasteiger partial charge in [0.1, 0.15) is 10.7 Å². The van der Waals surface area contributed by atoms with Crippen LogP contribution in [0.25, 0.3) is 10.6 Å². The number of hydrogen-bond donors (Lipinski definition) is 1. The number of hydrogen-bond acceptors (Lipinski definition) is 6. The number of non-ortho nitro benzene ring substituents is 1. The molecule has 2 aromatic rings. The zero-order chi connectivity index (χ0) is 15.7. The summed E-state index contributed by atoms with van der Waals surface area (Å²) in [5, 5.41) is 22.4. The van der Waals surface area contributed by atoms with Crippen LogP contribution in [-0.4, -0.2) is 45.0 Å². The van der Waals surface area contributed by atoms with E-state index in [9.17, 15) is 20.0 Å². The van der Waals surface area contributed by atoms with Gasteiger partial charge in [0.25, 0.3) is 11.6 Å². The van der Waals surface area contributed by atoms with E-state index in [-0.39, 0.29) is 11.6 Å². The second kappa shape index (κ2) is 5.82. The van der Waals surface area contributed by atoms with Crippen LogP contribution in [0.5, 0.6) is 0 Å². The Morgan fingerprint density at radius 1 is 1.41 bits per heavy atom. The Kier molecular flexibility index (Phi) is 3.86. The number of nitro benzene ring substituents is 1. The van der Waals surface area contributed by atoms with Gasteiger partial charge in [-0.2, -0.15) is 0 Å². The summed E-state index contributed by atoms with van der Waals surface area (Å²) >= 11 is 1.31. The lowest BCUT2D eigenvalue weighted by Crippen LogP contribution is -2.29. The Labute approximate surface area is 130 Å². The van der Waals surface area contributed by atoms with Crippen molar-refractivity contribution < 1.29 is 14.8 Å². The average molecular weight is 319 g/mol. The van der Waals surface area contributed by atoms with Crippen LogP contribution in [0.1, 0.15) is 16.9 Å². The number of nitro groups is 1. The van der Waals surface area contributed by atoms with Gasteiger partial charge in [-0.25, -0.2) is 4.98 Å². The lowest BCUT2D eigenvalue weighted by molar-refractivity contribution is -0.384. The smallest absolute Gasteiger partial charge is 0.273 e. The number of rotatable bonds is 3. The van der Waals surface area contributed by atoms with Crippen molar-refractivity contribution in [2.45, 2.75) is 12.5 Å². The molecule has 1 atom stereocenters. The summed E-state index contributed by atoms with van der Waals surface area (Å²) < 4.78 is 0. The molecular formula is C14H13N3O4S. The van der Waals surface area contributed by atoms with Gasteiger partial charge >= 0.3 is 0 Å². The minimum atomic E-state index is -0.461. The fourth-order valence-corrected chi connectivity index (χ4v) is 3.12. The first-order chi connectivity index (χ1) is 10.5. The lowest BCUT2D eigenvalue weighted by atomic mass is 10.2. The number of nitrogens with zero attached hydrogens (tertiary/aromatic N) is 3. The van der Waals surface area contributed by atoms with E-state index >= 15 is 0 Å². The number of aliphatic hydroxyl groups is 1. The molecule has 1 aromatic carbocycles.